The van der Waals surface area contributed by atoms with Crippen molar-refractivity contribution in [3.8, 4) is 23.1 Å². The van der Waals surface area contributed by atoms with Crippen LogP contribution >= 0.6 is 22.9 Å². The summed E-state index contributed by atoms with van der Waals surface area (Å²) in [6, 6.07) is 17.5. The van der Waals surface area contributed by atoms with Crippen molar-refractivity contribution in [2.24, 2.45) is 0 Å². The number of allylic oxidation sites excluding steroid dienone is 1. The van der Waals surface area contributed by atoms with Crippen LogP contribution in [-0.2, 0) is 0 Å². The van der Waals surface area contributed by atoms with Crippen LogP contribution in [0.3, 0.4) is 0 Å². The number of thiazole rings is 1. The minimum absolute atomic E-state index is 0.516. The van der Waals surface area contributed by atoms with Gasteiger partial charge in [-0.3, -0.25) is 0 Å². The van der Waals surface area contributed by atoms with Crippen molar-refractivity contribution in [3.63, 3.8) is 0 Å². The highest BCUT2D eigenvalue weighted by Gasteiger charge is 2.10. The number of ether oxygens (including phenoxy) is 1. The highest BCUT2D eigenvalue weighted by Crippen LogP contribution is 2.29. The number of hydrogen-bond acceptors (Lipinski definition) is 4. The van der Waals surface area contributed by atoms with Gasteiger partial charge in [-0.2, -0.15) is 5.26 Å². The number of rotatable bonds is 6. The molecular formula is C21H17ClN2OS. The van der Waals surface area contributed by atoms with Crippen molar-refractivity contribution in [2.45, 2.75) is 13.3 Å². The predicted octanol–water partition coefficient (Wildman–Crippen LogP) is 6.32. The first-order valence-electron chi connectivity index (χ1n) is 8.26. The zero-order valence-electron chi connectivity index (χ0n) is 14.3. The normalized spacial score (nSPS) is 11.2. The van der Waals surface area contributed by atoms with Crippen LogP contribution in [0.15, 0.2) is 53.9 Å². The van der Waals surface area contributed by atoms with E-state index in [2.05, 4.69) is 18.0 Å². The van der Waals surface area contributed by atoms with Crippen LogP contribution in [0.5, 0.6) is 5.75 Å². The fraction of sp³-hybridized carbons (Fsp3) is 0.143. The molecule has 0 N–H and O–H groups in total. The molecule has 0 saturated heterocycles. The van der Waals surface area contributed by atoms with Crippen molar-refractivity contribution in [3.05, 3.63) is 69.5 Å². The number of benzene rings is 2. The van der Waals surface area contributed by atoms with E-state index in [4.69, 9.17) is 16.3 Å². The Balaban J connectivity index is 1.92. The van der Waals surface area contributed by atoms with Gasteiger partial charge < -0.3 is 4.74 Å². The summed E-state index contributed by atoms with van der Waals surface area (Å²) in [5.74, 6) is 0.775. The summed E-state index contributed by atoms with van der Waals surface area (Å²) >= 11 is 7.39. The fourth-order valence-corrected chi connectivity index (χ4v) is 3.31. The van der Waals surface area contributed by atoms with E-state index in [9.17, 15) is 5.26 Å². The van der Waals surface area contributed by atoms with Gasteiger partial charge >= 0.3 is 0 Å². The highest BCUT2D eigenvalue weighted by molar-refractivity contribution is 7.11. The molecule has 0 aliphatic carbocycles. The van der Waals surface area contributed by atoms with Crippen molar-refractivity contribution in [1.29, 1.82) is 5.26 Å². The first-order chi connectivity index (χ1) is 12.7. The zero-order chi connectivity index (χ0) is 18.4. The molecular weight excluding hydrogens is 364 g/mol. The van der Waals surface area contributed by atoms with Crippen molar-refractivity contribution < 1.29 is 4.74 Å². The summed E-state index contributed by atoms with van der Waals surface area (Å²) in [7, 11) is 0. The standard InChI is InChI=1S/C21H17ClN2OS/c1-2-11-25-20-6-4-3-5-16(20)12-17(13-23)21-24-19(14-26-21)15-7-9-18(22)10-8-15/h3-10,12,14H,2,11H2,1H3/b17-12-. The molecule has 0 radical (unpaired) electrons. The third-order valence-electron chi connectivity index (χ3n) is 3.68. The molecule has 1 heterocycles. The second-order valence-electron chi connectivity index (χ2n) is 5.60. The summed E-state index contributed by atoms with van der Waals surface area (Å²) < 4.78 is 5.77. The average Bonchev–Trinajstić information content (AvgIpc) is 3.15. The van der Waals surface area contributed by atoms with Crippen LogP contribution < -0.4 is 4.74 Å². The highest BCUT2D eigenvalue weighted by atomic mass is 35.5. The lowest BCUT2D eigenvalue weighted by molar-refractivity contribution is 0.317. The van der Waals surface area contributed by atoms with E-state index in [1.165, 1.54) is 11.3 Å². The van der Waals surface area contributed by atoms with Crippen molar-refractivity contribution in [2.75, 3.05) is 6.61 Å². The lowest BCUT2D eigenvalue weighted by Gasteiger charge is -2.08. The van der Waals surface area contributed by atoms with Gasteiger partial charge in [-0.25, -0.2) is 4.98 Å². The Kier molecular flexibility index (Phi) is 6.06. The Hall–Kier alpha value is -2.61. The number of hydrogen-bond donors (Lipinski definition) is 0. The third kappa shape index (κ3) is 4.32. The number of halogens is 1. The number of nitrogens with zero attached hydrogens (tertiary/aromatic N) is 2. The van der Waals surface area contributed by atoms with E-state index < -0.39 is 0 Å². The average molecular weight is 381 g/mol. The summed E-state index contributed by atoms with van der Waals surface area (Å²) in [5, 5.41) is 12.9. The number of nitriles is 1. The van der Waals surface area contributed by atoms with Gasteiger partial charge in [0.05, 0.1) is 17.9 Å². The molecule has 0 atom stereocenters. The number of para-hydroxylation sites is 1. The Morgan fingerprint density at radius 3 is 2.73 bits per heavy atom. The molecule has 0 fully saturated rings. The smallest absolute Gasteiger partial charge is 0.134 e. The van der Waals surface area contributed by atoms with E-state index in [-0.39, 0.29) is 0 Å². The molecule has 0 aliphatic heterocycles. The van der Waals surface area contributed by atoms with E-state index >= 15 is 0 Å². The largest absolute Gasteiger partial charge is 0.493 e. The number of aromatic nitrogens is 1. The molecule has 130 valence electrons. The molecule has 0 amide bonds. The van der Waals surface area contributed by atoms with Crippen LogP contribution in [-0.4, -0.2) is 11.6 Å². The zero-order valence-corrected chi connectivity index (χ0v) is 15.8. The lowest BCUT2D eigenvalue weighted by atomic mass is 10.1. The van der Waals surface area contributed by atoms with Crippen LogP contribution in [0.25, 0.3) is 22.9 Å². The van der Waals surface area contributed by atoms with Gasteiger partial charge in [0, 0.05) is 21.5 Å². The van der Waals surface area contributed by atoms with Crippen molar-refractivity contribution in [1.82, 2.24) is 4.98 Å². The van der Waals surface area contributed by atoms with Crippen molar-refractivity contribution >= 4 is 34.6 Å². The lowest BCUT2D eigenvalue weighted by Crippen LogP contribution is -1.96. The molecule has 3 nitrogen and oxygen atoms in total. The van der Waals surface area contributed by atoms with Gasteiger partial charge in [-0.15, -0.1) is 11.3 Å². The third-order valence-corrected chi connectivity index (χ3v) is 4.80. The van der Waals surface area contributed by atoms with Crippen LogP contribution in [0.2, 0.25) is 5.02 Å². The Morgan fingerprint density at radius 2 is 2.00 bits per heavy atom. The molecule has 2 aromatic carbocycles. The summed E-state index contributed by atoms with van der Waals surface area (Å²) in [6.07, 6.45) is 2.76. The van der Waals surface area contributed by atoms with Gasteiger partial charge in [-0.1, -0.05) is 48.9 Å². The first kappa shape index (κ1) is 18.2. The second-order valence-corrected chi connectivity index (χ2v) is 6.90. The summed E-state index contributed by atoms with van der Waals surface area (Å²) in [5.41, 5.74) is 3.20. The van der Waals surface area contributed by atoms with Gasteiger partial charge in [0.25, 0.3) is 0 Å². The van der Waals surface area contributed by atoms with E-state index in [1.807, 2.05) is 60.0 Å². The minimum Gasteiger partial charge on any atom is -0.493 e. The molecule has 0 saturated carbocycles. The van der Waals surface area contributed by atoms with Gasteiger partial charge in [-0.05, 0) is 30.7 Å². The predicted molar refractivity (Wildman–Crippen MR) is 108 cm³/mol. The van der Waals surface area contributed by atoms with E-state index in [0.29, 0.717) is 22.2 Å². The topological polar surface area (TPSA) is 45.9 Å². The minimum atomic E-state index is 0.516. The van der Waals surface area contributed by atoms with Gasteiger partial charge in [0.2, 0.25) is 0 Å². The van der Waals surface area contributed by atoms with Crippen LogP contribution in [0.1, 0.15) is 23.9 Å². The van der Waals surface area contributed by atoms with Gasteiger partial charge in [0.15, 0.2) is 0 Å². The van der Waals surface area contributed by atoms with Crippen LogP contribution in [0, 0.1) is 11.3 Å². The maximum atomic E-state index is 9.61. The van der Waals surface area contributed by atoms with E-state index in [0.717, 1.165) is 29.0 Å². The molecule has 26 heavy (non-hydrogen) atoms. The monoisotopic (exact) mass is 380 g/mol. The Morgan fingerprint density at radius 1 is 1.23 bits per heavy atom. The maximum Gasteiger partial charge on any atom is 0.134 e. The molecule has 0 aliphatic rings. The van der Waals surface area contributed by atoms with E-state index in [1.54, 1.807) is 0 Å². The van der Waals surface area contributed by atoms with Crippen LogP contribution in [0.4, 0.5) is 0 Å². The SMILES string of the molecule is CCCOc1ccccc1/C=C(/C#N)c1nc(-c2ccc(Cl)cc2)cs1. The molecule has 3 aromatic rings. The summed E-state index contributed by atoms with van der Waals surface area (Å²) in [4.78, 5) is 4.61. The maximum absolute atomic E-state index is 9.61. The molecule has 0 unspecified atom stereocenters. The molecule has 3 rings (SSSR count). The first-order valence-corrected chi connectivity index (χ1v) is 9.52. The fourth-order valence-electron chi connectivity index (χ4n) is 2.39. The molecule has 1 aromatic heterocycles. The van der Waals surface area contributed by atoms with Gasteiger partial charge in [0.1, 0.15) is 16.8 Å². The Labute approximate surface area is 162 Å². The molecule has 0 bridgehead atoms. The quantitative estimate of drug-likeness (QED) is 0.470. The molecule has 5 heteroatoms. The second kappa shape index (κ2) is 8.66. The summed E-state index contributed by atoms with van der Waals surface area (Å²) in [6.45, 7) is 2.71. The Bertz CT molecular complexity index is 955. The molecule has 0 spiro atoms.